The van der Waals surface area contributed by atoms with Gasteiger partial charge in [0.25, 0.3) is 0 Å². The molecule has 1 N–H and O–H groups in total. The molecule has 29 heavy (non-hydrogen) atoms. The Morgan fingerprint density at radius 1 is 1.24 bits per heavy atom. The van der Waals surface area contributed by atoms with Gasteiger partial charge in [-0.1, -0.05) is 12.1 Å². The Morgan fingerprint density at radius 3 is 2.66 bits per heavy atom. The number of rotatable bonds is 5. The maximum absolute atomic E-state index is 11.2. The maximum atomic E-state index is 11.2. The lowest BCUT2D eigenvalue weighted by Crippen LogP contribution is -2.43. The van der Waals surface area contributed by atoms with Crippen molar-refractivity contribution in [1.82, 2.24) is 4.90 Å². The van der Waals surface area contributed by atoms with Gasteiger partial charge >= 0.3 is 5.97 Å². The number of nitrogens with zero attached hydrogens (tertiary/aromatic N) is 2. The van der Waals surface area contributed by atoms with E-state index in [0.29, 0.717) is 17.9 Å². The molecule has 2 aromatic rings. The van der Waals surface area contributed by atoms with E-state index >= 15 is 0 Å². The molecule has 0 saturated carbocycles. The van der Waals surface area contributed by atoms with E-state index in [4.69, 9.17) is 14.5 Å². The van der Waals surface area contributed by atoms with E-state index in [1.165, 1.54) is 5.56 Å². The first-order valence-electron chi connectivity index (χ1n) is 9.95. The summed E-state index contributed by atoms with van der Waals surface area (Å²) in [6, 6.07) is 11.6. The summed E-state index contributed by atoms with van der Waals surface area (Å²) in [5.41, 5.74) is 3.65. The number of carboxylic acids is 1. The number of ether oxygens (including phenoxy) is 2. The standard InChI is InChI=1S/C23H26N2O4/c1-4-29-20-12-17-16(11-19(20)28-3)13-24-18-9-10-25(2)22(21(17)18)14-5-7-15(8-6-14)23(26)27/h5-8,11-13,18,21-22H,4,9-10H2,1-3H3,(H,26,27)/t18-,21+,22?/m1/s1. The van der Waals surface area contributed by atoms with Crippen molar-refractivity contribution < 1.29 is 19.4 Å². The van der Waals surface area contributed by atoms with Crippen LogP contribution in [0.15, 0.2) is 41.4 Å². The molecule has 2 aliphatic heterocycles. The lowest BCUT2D eigenvalue weighted by molar-refractivity contribution is 0.0696. The topological polar surface area (TPSA) is 71.4 Å². The third-order valence-electron chi connectivity index (χ3n) is 5.94. The highest BCUT2D eigenvalue weighted by molar-refractivity contribution is 5.87. The molecule has 0 radical (unpaired) electrons. The van der Waals surface area contributed by atoms with Crippen LogP contribution in [0.5, 0.6) is 11.5 Å². The van der Waals surface area contributed by atoms with Gasteiger partial charge in [-0.3, -0.25) is 9.89 Å². The van der Waals surface area contributed by atoms with E-state index in [2.05, 4.69) is 18.0 Å². The predicted octanol–water partition coefficient (Wildman–Crippen LogP) is 3.75. The van der Waals surface area contributed by atoms with Gasteiger partial charge in [0.05, 0.1) is 25.3 Å². The van der Waals surface area contributed by atoms with Crippen LogP contribution in [0, 0.1) is 0 Å². The summed E-state index contributed by atoms with van der Waals surface area (Å²) in [6.07, 6.45) is 2.93. The van der Waals surface area contributed by atoms with Crippen LogP contribution in [0.4, 0.5) is 0 Å². The zero-order valence-electron chi connectivity index (χ0n) is 17.0. The minimum absolute atomic E-state index is 0.107. The summed E-state index contributed by atoms with van der Waals surface area (Å²) in [4.78, 5) is 18.4. The van der Waals surface area contributed by atoms with E-state index < -0.39 is 5.97 Å². The molecule has 4 rings (SSSR count). The van der Waals surface area contributed by atoms with E-state index in [-0.39, 0.29) is 18.0 Å². The van der Waals surface area contributed by atoms with Crippen molar-refractivity contribution in [2.75, 3.05) is 27.3 Å². The highest BCUT2D eigenvalue weighted by atomic mass is 16.5. The molecule has 0 amide bonds. The van der Waals surface area contributed by atoms with Crippen LogP contribution in [0.3, 0.4) is 0 Å². The number of likely N-dealkylation sites (N-methyl/N-ethyl adjacent to an activating group) is 1. The zero-order chi connectivity index (χ0) is 20.5. The number of hydrogen-bond donors (Lipinski definition) is 1. The molecule has 2 aromatic carbocycles. The number of carbonyl (C=O) groups is 1. The summed E-state index contributed by atoms with van der Waals surface area (Å²) < 4.78 is 11.4. The van der Waals surface area contributed by atoms with Gasteiger partial charge in [-0.25, -0.2) is 4.79 Å². The van der Waals surface area contributed by atoms with Crippen molar-refractivity contribution in [2.24, 2.45) is 4.99 Å². The minimum atomic E-state index is -0.910. The number of fused-ring (bicyclic) bond motifs is 3. The molecular weight excluding hydrogens is 368 g/mol. The number of hydrogen-bond acceptors (Lipinski definition) is 5. The van der Waals surface area contributed by atoms with Gasteiger partial charge < -0.3 is 14.6 Å². The molecule has 152 valence electrons. The van der Waals surface area contributed by atoms with E-state index in [0.717, 1.165) is 29.8 Å². The average molecular weight is 394 g/mol. The van der Waals surface area contributed by atoms with Crippen molar-refractivity contribution in [3.05, 3.63) is 58.7 Å². The molecule has 6 nitrogen and oxygen atoms in total. The summed E-state index contributed by atoms with van der Waals surface area (Å²) in [6.45, 7) is 3.47. The summed E-state index contributed by atoms with van der Waals surface area (Å²) in [5.74, 6) is 0.708. The van der Waals surface area contributed by atoms with Crippen molar-refractivity contribution in [3.63, 3.8) is 0 Å². The number of aliphatic imine (C=N–C) groups is 1. The zero-order valence-corrected chi connectivity index (χ0v) is 17.0. The lowest BCUT2D eigenvalue weighted by atomic mass is 9.74. The Bertz CT molecular complexity index is 939. The second-order valence-corrected chi connectivity index (χ2v) is 7.58. The van der Waals surface area contributed by atoms with Crippen molar-refractivity contribution in [1.29, 1.82) is 0 Å². The SMILES string of the molecule is CCOc1cc2c(cc1OC)C=N[C@@H]1CCN(C)C(c3ccc(C(=O)O)cc3)[C@@H]21. The molecule has 1 fully saturated rings. The fraction of sp³-hybridized carbons (Fsp3) is 0.391. The van der Waals surface area contributed by atoms with Gasteiger partial charge in [-0.2, -0.15) is 0 Å². The van der Waals surface area contributed by atoms with Gasteiger partial charge in [0.1, 0.15) is 0 Å². The second-order valence-electron chi connectivity index (χ2n) is 7.58. The number of carboxylic acid groups (broad SMARTS) is 1. The molecule has 2 heterocycles. The van der Waals surface area contributed by atoms with Crippen molar-refractivity contribution in [2.45, 2.75) is 31.3 Å². The Hall–Kier alpha value is -2.86. The smallest absolute Gasteiger partial charge is 0.335 e. The normalized spacial score (nSPS) is 23.2. The first-order chi connectivity index (χ1) is 14.0. The fourth-order valence-electron chi connectivity index (χ4n) is 4.56. The van der Waals surface area contributed by atoms with E-state index in [1.807, 2.05) is 31.3 Å². The molecule has 0 aliphatic carbocycles. The number of piperidine rings is 1. The summed E-state index contributed by atoms with van der Waals surface area (Å²) in [5, 5.41) is 9.23. The number of benzene rings is 2. The Balaban J connectivity index is 1.80. The predicted molar refractivity (Wildman–Crippen MR) is 112 cm³/mol. The van der Waals surface area contributed by atoms with Gasteiger partial charge in [0, 0.05) is 24.7 Å². The van der Waals surface area contributed by atoms with Gasteiger partial charge in [-0.05, 0) is 61.3 Å². The number of methoxy groups -OCH3 is 1. The first kappa shape index (κ1) is 19.5. The van der Waals surface area contributed by atoms with Gasteiger partial charge in [0.15, 0.2) is 11.5 Å². The molecular formula is C23H26N2O4. The van der Waals surface area contributed by atoms with Crippen LogP contribution >= 0.6 is 0 Å². The van der Waals surface area contributed by atoms with Gasteiger partial charge in [0.2, 0.25) is 0 Å². The molecule has 1 saturated heterocycles. The van der Waals surface area contributed by atoms with E-state index in [9.17, 15) is 9.90 Å². The highest BCUT2D eigenvalue weighted by Gasteiger charge is 2.41. The van der Waals surface area contributed by atoms with Crippen molar-refractivity contribution in [3.8, 4) is 11.5 Å². The number of aromatic carboxylic acids is 1. The first-order valence-corrected chi connectivity index (χ1v) is 9.95. The molecule has 1 unspecified atom stereocenters. The fourth-order valence-corrected chi connectivity index (χ4v) is 4.56. The summed E-state index contributed by atoms with van der Waals surface area (Å²) >= 11 is 0. The third kappa shape index (κ3) is 3.49. The van der Waals surface area contributed by atoms with Crippen LogP contribution in [0.1, 0.15) is 52.4 Å². The van der Waals surface area contributed by atoms with E-state index in [1.54, 1.807) is 19.2 Å². The monoisotopic (exact) mass is 394 g/mol. The second kappa shape index (κ2) is 7.87. The number of likely N-dealkylation sites (tertiary alicyclic amines) is 1. The molecule has 3 atom stereocenters. The van der Waals surface area contributed by atoms with Crippen LogP contribution in [-0.2, 0) is 0 Å². The van der Waals surface area contributed by atoms with Gasteiger partial charge in [-0.15, -0.1) is 0 Å². The van der Waals surface area contributed by atoms with Crippen LogP contribution in [0.2, 0.25) is 0 Å². The van der Waals surface area contributed by atoms with Crippen LogP contribution in [0.25, 0.3) is 0 Å². The third-order valence-corrected chi connectivity index (χ3v) is 5.94. The minimum Gasteiger partial charge on any atom is -0.493 e. The lowest BCUT2D eigenvalue weighted by Gasteiger charge is -2.45. The van der Waals surface area contributed by atoms with Crippen molar-refractivity contribution >= 4 is 12.2 Å². The molecule has 2 aliphatic rings. The molecule has 0 aromatic heterocycles. The maximum Gasteiger partial charge on any atom is 0.335 e. The quantitative estimate of drug-likeness (QED) is 0.836. The largest absolute Gasteiger partial charge is 0.493 e. The Kier molecular flexibility index (Phi) is 5.28. The summed E-state index contributed by atoms with van der Waals surface area (Å²) in [7, 11) is 3.77. The molecule has 0 spiro atoms. The average Bonchev–Trinajstić information content (AvgIpc) is 2.73. The van der Waals surface area contributed by atoms with Crippen LogP contribution in [-0.4, -0.2) is 55.5 Å². The molecule has 6 heteroatoms. The Labute approximate surface area is 170 Å². The van der Waals surface area contributed by atoms with Crippen LogP contribution < -0.4 is 9.47 Å². The Morgan fingerprint density at radius 2 is 2.00 bits per heavy atom. The molecule has 0 bridgehead atoms. The highest BCUT2D eigenvalue weighted by Crippen LogP contribution is 2.48.